The number of hydrogen-bond donors (Lipinski definition) is 2. The van der Waals surface area contributed by atoms with Crippen LogP contribution in [-0.2, 0) is 25.7 Å². The van der Waals surface area contributed by atoms with Gasteiger partial charge < -0.3 is 9.47 Å². The Morgan fingerprint density at radius 3 is 1.62 bits per heavy atom. The third-order valence-electron chi connectivity index (χ3n) is 6.62. The third kappa shape index (κ3) is 8.34. The van der Waals surface area contributed by atoms with Crippen molar-refractivity contribution in [3.63, 3.8) is 0 Å². The average molecular weight is 531 g/mol. The quantitative estimate of drug-likeness (QED) is 0.245. The molecule has 2 N–H and O–H groups in total. The predicted octanol–water partition coefficient (Wildman–Crippen LogP) is 9.03. The van der Waals surface area contributed by atoms with Crippen molar-refractivity contribution in [1.82, 2.24) is 0 Å². The summed E-state index contributed by atoms with van der Waals surface area (Å²) in [6, 6.07) is 17.1. The van der Waals surface area contributed by atoms with E-state index in [9.17, 15) is 9.59 Å². The van der Waals surface area contributed by atoms with E-state index in [1.54, 1.807) is 12.1 Å². The number of nitrogens with one attached hydrogen (secondary N) is 2. The van der Waals surface area contributed by atoms with E-state index in [1.165, 1.54) is 11.1 Å². The number of anilines is 2. The zero-order chi connectivity index (χ0) is 28.2. The summed E-state index contributed by atoms with van der Waals surface area (Å²) < 4.78 is 11.5. The molecule has 0 bridgehead atoms. The number of aryl methyl sites for hydroxylation is 3. The summed E-state index contributed by atoms with van der Waals surface area (Å²) in [6.45, 7) is 10.4. The first-order valence-corrected chi connectivity index (χ1v) is 14.2. The molecule has 0 spiro atoms. The summed E-state index contributed by atoms with van der Waals surface area (Å²) in [7, 11) is 0. The number of amides is 2. The lowest BCUT2D eigenvalue weighted by Gasteiger charge is -2.16. The van der Waals surface area contributed by atoms with Crippen molar-refractivity contribution in [2.24, 2.45) is 0 Å². The molecule has 6 heteroatoms. The molecule has 0 saturated heterocycles. The highest BCUT2D eigenvalue weighted by Gasteiger charge is 2.16. The van der Waals surface area contributed by atoms with Gasteiger partial charge in [0.1, 0.15) is 11.5 Å². The number of ether oxygens (including phenoxy) is 2. The largest absolute Gasteiger partial charge is 0.417 e. The lowest BCUT2D eigenvalue weighted by atomic mass is 9.98. The van der Waals surface area contributed by atoms with Crippen LogP contribution in [0.5, 0.6) is 11.5 Å². The van der Waals surface area contributed by atoms with Gasteiger partial charge in [-0.2, -0.15) is 0 Å². The maximum Gasteiger partial charge on any atom is 0.417 e. The molecule has 39 heavy (non-hydrogen) atoms. The van der Waals surface area contributed by atoms with E-state index in [1.807, 2.05) is 37.3 Å². The first-order valence-electron chi connectivity index (χ1n) is 14.2. The maximum absolute atomic E-state index is 12.9. The van der Waals surface area contributed by atoms with Crippen molar-refractivity contribution in [2.75, 3.05) is 10.6 Å². The highest BCUT2D eigenvalue weighted by molar-refractivity contribution is 5.91. The van der Waals surface area contributed by atoms with Crippen LogP contribution in [0.3, 0.4) is 0 Å². The lowest BCUT2D eigenvalue weighted by molar-refractivity contribution is 0.214. The molecule has 0 heterocycles. The van der Waals surface area contributed by atoms with E-state index in [4.69, 9.17) is 9.47 Å². The zero-order valence-corrected chi connectivity index (χ0v) is 24.0. The molecule has 0 aliphatic heterocycles. The van der Waals surface area contributed by atoms with E-state index in [2.05, 4.69) is 50.5 Å². The highest BCUT2D eigenvalue weighted by Crippen LogP contribution is 2.28. The third-order valence-corrected chi connectivity index (χ3v) is 6.62. The monoisotopic (exact) mass is 530 g/mol. The van der Waals surface area contributed by atoms with Gasteiger partial charge in [-0.05, 0) is 84.7 Å². The van der Waals surface area contributed by atoms with Gasteiger partial charge in [0.2, 0.25) is 0 Å². The molecule has 0 saturated carbocycles. The Kier molecular flexibility index (Phi) is 11.4. The highest BCUT2D eigenvalue weighted by atomic mass is 16.6. The van der Waals surface area contributed by atoms with Gasteiger partial charge in [0.25, 0.3) is 0 Å². The molecule has 3 aromatic rings. The van der Waals surface area contributed by atoms with Crippen molar-refractivity contribution in [1.29, 1.82) is 0 Å². The predicted molar refractivity (Wildman–Crippen MR) is 159 cm³/mol. The number of benzene rings is 3. The molecule has 3 aromatic carbocycles. The van der Waals surface area contributed by atoms with E-state index < -0.39 is 12.2 Å². The smallest absolute Gasteiger partial charge is 0.410 e. The second-order valence-corrected chi connectivity index (χ2v) is 9.85. The van der Waals surface area contributed by atoms with Gasteiger partial charge in [-0.15, -0.1) is 0 Å². The number of carbonyl (C=O) groups is 2. The second kappa shape index (κ2) is 15.0. The average Bonchev–Trinajstić information content (AvgIpc) is 2.90. The van der Waals surface area contributed by atoms with Crippen molar-refractivity contribution < 1.29 is 19.1 Å². The number of carbonyl (C=O) groups excluding carboxylic acids is 2. The first kappa shape index (κ1) is 29.8. The zero-order valence-electron chi connectivity index (χ0n) is 24.0. The second-order valence-electron chi connectivity index (χ2n) is 9.85. The van der Waals surface area contributed by atoms with Crippen molar-refractivity contribution in [3.8, 4) is 11.5 Å². The van der Waals surface area contributed by atoms with Crippen LogP contribution < -0.4 is 20.1 Å². The van der Waals surface area contributed by atoms with Gasteiger partial charge in [-0.1, -0.05) is 83.7 Å². The van der Waals surface area contributed by atoms with Gasteiger partial charge in [0.15, 0.2) is 0 Å². The Bertz CT molecular complexity index is 1270. The fraction of sp³-hybridized carbons (Fsp3) is 0.394. The standard InChI is InChI=1S/C33H42N2O4/c1-6-12-24-16-10-18-30(27(24)14-8-3)38-32(36)34-26-21-20-23(5)29(22-26)35-33(37)39-31-19-11-17-25(13-7-2)28(31)15-9-4/h10-11,16-22H,6-9,12-15H2,1-5H3,(H,34,36)(H,35,37). The van der Waals surface area contributed by atoms with Crippen LogP contribution in [0.4, 0.5) is 21.0 Å². The van der Waals surface area contributed by atoms with Crippen LogP contribution in [0, 0.1) is 6.92 Å². The van der Waals surface area contributed by atoms with Gasteiger partial charge >= 0.3 is 12.2 Å². The van der Waals surface area contributed by atoms with Crippen LogP contribution in [0.1, 0.15) is 81.2 Å². The van der Waals surface area contributed by atoms with Crippen LogP contribution in [0.2, 0.25) is 0 Å². The Balaban J connectivity index is 1.71. The molecule has 0 atom stereocenters. The molecular formula is C33H42N2O4. The summed E-state index contributed by atoms with van der Waals surface area (Å²) in [5.41, 5.74) is 6.50. The van der Waals surface area contributed by atoms with Gasteiger partial charge in [-0.3, -0.25) is 10.6 Å². The Hall–Kier alpha value is -3.80. The summed E-state index contributed by atoms with van der Waals surface area (Å²) in [4.78, 5) is 25.7. The minimum absolute atomic E-state index is 0.513. The first-order chi connectivity index (χ1) is 18.9. The van der Waals surface area contributed by atoms with Crippen LogP contribution >= 0.6 is 0 Å². The van der Waals surface area contributed by atoms with E-state index in [0.717, 1.165) is 68.1 Å². The minimum atomic E-state index is -0.574. The topological polar surface area (TPSA) is 76.7 Å². The van der Waals surface area contributed by atoms with Crippen molar-refractivity contribution >= 4 is 23.6 Å². The molecule has 0 aromatic heterocycles. The van der Waals surface area contributed by atoms with Gasteiger partial charge in [0.05, 0.1) is 0 Å². The molecule has 3 rings (SSSR count). The Labute approximate surface area is 233 Å². The molecule has 0 aliphatic carbocycles. The minimum Gasteiger partial charge on any atom is -0.410 e. The van der Waals surface area contributed by atoms with Crippen LogP contribution in [0.25, 0.3) is 0 Å². The van der Waals surface area contributed by atoms with Crippen LogP contribution in [-0.4, -0.2) is 12.2 Å². The van der Waals surface area contributed by atoms with Gasteiger partial charge in [0, 0.05) is 11.4 Å². The molecule has 208 valence electrons. The Morgan fingerprint density at radius 2 is 1.13 bits per heavy atom. The fourth-order valence-corrected chi connectivity index (χ4v) is 4.80. The lowest BCUT2D eigenvalue weighted by Crippen LogP contribution is -2.20. The van der Waals surface area contributed by atoms with Crippen molar-refractivity contribution in [2.45, 2.75) is 86.0 Å². The SMILES string of the molecule is CCCc1cccc(OC(=O)Nc2ccc(C)c(NC(=O)Oc3cccc(CCC)c3CCC)c2)c1CCC. The van der Waals surface area contributed by atoms with Crippen LogP contribution in [0.15, 0.2) is 54.6 Å². The van der Waals surface area contributed by atoms with E-state index in [0.29, 0.717) is 22.9 Å². The number of rotatable bonds is 12. The molecule has 2 amide bonds. The molecule has 0 aliphatic rings. The van der Waals surface area contributed by atoms with Gasteiger partial charge in [-0.25, -0.2) is 9.59 Å². The summed E-state index contributed by atoms with van der Waals surface area (Å²) in [5.74, 6) is 1.17. The molecule has 6 nitrogen and oxygen atoms in total. The molecule has 0 radical (unpaired) electrons. The number of hydrogen-bond acceptors (Lipinski definition) is 4. The summed E-state index contributed by atoms with van der Waals surface area (Å²) >= 11 is 0. The molecule has 0 fully saturated rings. The summed E-state index contributed by atoms with van der Waals surface area (Å²) in [6.07, 6.45) is 6.42. The van der Waals surface area contributed by atoms with E-state index >= 15 is 0 Å². The van der Waals surface area contributed by atoms with Crippen molar-refractivity contribution in [3.05, 3.63) is 82.4 Å². The Morgan fingerprint density at radius 1 is 0.641 bits per heavy atom. The fourth-order valence-electron chi connectivity index (χ4n) is 4.80. The summed E-state index contributed by atoms with van der Waals surface area (Å²) in [5, 5.41) is 5.63. The maximum atomic E-state index is 12.9. The normalized spacial score (nSPS) is 10.7. The molecular weight excluding hydrogens is 488 g/mol. The molecule has 0 unspecified atom stereocenters. The van der Waals surface area contributed by atoms with E-state index in [-0.39, 0.29) is 0 Å².